The quantitative estimate of drug-likeness (QED) is 0.778. The summed E-state index contributed by atoms with van der Waals surface area (Å²) >= 11 is 3.20. The Morgan fingerprint density at radius 2 is 2.10 bits per heavy atom. The second-order valence-electron chi connectivity index (χ2n) is 4.38. The minimum Gasteiger partial charge on any atom is -0.492 e. The third-order valence-corrected chi connectivity index (χ3v) is 4.69. The molecule has 0 fully saturated rings. The first-order valence-electron chi connectivity index (χ1n) is 5.78. The lowest BCUT2D eigenvalue weighted by Gasteiger charge is -2.16. The summed E-state index contributed by atoms with van der Waals surface area (Å²) in [5, 5.41) is 0. The van der Waals surface area contributed by atoms with E-state index < -0.39 is 29.0 Å². The molecule has 0 saturated heterocycles. The fraction of sp³-hybridized carbons (Fsp3) is 0.455. The standard InChI is InChI=1S/C11H13BrF2N2O3S.ClH/c12-8-3-7-1-2-19-10(7)9(4-8)20(17,18)16-6-11(13,14)5-15;/h3-4,16H,1-2,5-6,15H2;1H. The maximum atomic E-state index is 13.1. The summed E-state index contributed by atoms with van der Waals surface area (Å²) in [4.78, 5) is -0.146. The zero-order chi connectivity index (χ0) is 15.0. The lowest BCUT2D eigenvalue weighted by molar-refractivity contribution is 0.0170. The summed E-state index contributed by atoms with van der Waals surface area (Å²) in [7, 11) is -4.09. The number of benzene rings is 1. The van der Waals surface area contributed by atoms with E-state index >= 15 is 0 Å². The van der Waals surface area contributed by atoms with E-state index in [1.807, 2.05) is 4.72 Å². The summed E-state index contributed by atoms with van der Waals surface area (Å²) < 4.78 is 58.1. The van der Waals surface area contributed by atoms with Gasteiger partial charge in [0.1, 0.15) is 10.6 Å². The van der Waals surface area contributed by atoms with Crippen LogP contribution in [0.15, 0.2) is 21.5 Å². The van der Waals surface area contributed by atoms with E-state index in [0.717, 1.165) is 5.56 Å². The fourth-order valence-electron chi connectivity index (χ4n) is 1.79. The fourth-order valence-corrected chi connectivity index (χ4v) is 3.72. The molecule has 5 nitrogen and oxygen atoms in total. The second kappa shape index (κ2) is 6.74. The van der Waals surface area contributed by atoms with Gasteiger partial charge in [-0.3, -0.25) is 0 Å². The summed E-state index contributed by atoms with van der Waals surface area (Å²) in [6, 6.07) is 3.07. The molecule has 1 aliphatic rings. The highest BCUT2D eigenvalue weighted by Crippen LogP contribution is 2.35. The van der Waals surface area contributed by atoms with Gasteiger partial charge in [0, 0.05) is 16.5 Å². The molecule has 0 aliphatic carbocycles. The number of sulfonamides is 1. The Hall–Kier alpha value is -0.480. The highest BCUT2D eigenvalue weighted by molar-refractivity contribution is 9.10. The van der Waals surface area contributed by atoms with E-state index in [-0.39, 0.29) is 23.1 Å². The van der Waals surface area contributed by atoms with Gasteiger partial charge < -0.3 is 10.5 Å². The van der Waals surface area contributed by atoms with Crippen molar-refractivity contribution in [3.63, 3.8) is 0 Å². The molecule has 10 heteroatoms. The van der Waals surface area contributed by atoms with E-state index in [2.05, 4.69) is 15.9 Å². The van der Waals surface area contributed by atoms with Crippen LogP contribution in [0.5, 0.6) is 5.75 Å². The molecule has 0 spiro atoms. The molecule has 1 aliphatic heterocycles. The van der Waals surface area contributed by atoms with Crippen molar-refractivity contribution in [3.8, 4) is 5.75 Å². The molecular formula is C11H14BrClF2N2O3S. The summed E-state index contributed by atoms with van der Waals surface area (Å²) in [5.74, 6) is -3.07. The smallest absolute Gasteiger partial charge is 0.273 e. The average molecular weight is 408 g/mol. The van der Waals surface area contributed by atoms with Crippen molar-refractivity contribution < 1.29 is 21.9 Å². The van der Waals surface area contributed by atoms with Crippen molar-refractivity contribution in [2.45, 2.75) is 17.2 Å². The van der Waals surface area contributed by atoms with E-state index in [0.29, 0.717) is 17.5 Å². The average Bonchev–Trinajstić information content (AvgIpc) is 2.83. The lowest BCUT2D eigenvalue weighted by atomic mass is 10.2. The predicted molar refractivity (Wildman–Crippen MR) is 79.8 cm³/mol. The summed E-state index contributed by atoms with van der Waals surface area (Å²) in [5.41, 5.74) is 5.60. The first-order valence-corrected chi connectivity index (χ1v) is 8.05. The molecule has 120 valence electrons. The molecule has 1 heterocycles. The number of halogens is 4. The maximum absolute atomic E-state index is 13.1. The Bertz CT molecular complexity index is 628. The van der Waals surface area contributed by atoms with E-state index in [1.165, 1.54) is 6.07 Å². The minimum absolute atomic E-state index is 0. The highest BCUT2D eigenvalue weighted by Gasteiger charge is 2.32. The normalized spacial score (nSPS) is 14.3. The Morgan fingerprint density at radius 1 is 1.43 bits per heavy atom. The van der Waals surface area contributed by atoms with Crippen LogP contribution in [-0.2, 0) is 16.4 Å². The van der Waals surface area contributed by atoms with Gasteiger partial charge in [-0.15, -0.1) is 12.4 Å². The van der Waals surface area contributed by atoms with Crippen LogP contribution in [0.2, 0.25) is 0 Å². The van der Waals surface area contributed by atoms with E-state index in [4.69, 9.17) is 10.5 Å². The van der Waals surface area contributed by atoms with Crippen molar-refractivity contribution in [1.82, 2.24) is 4.72 Å². The number of hydrogen-bond donors (Lipinski definition) is 2. The van der Waals surface area contributed by atoms with Gasteiger partial charge in [-0.05, 0) is 12.1 Å². The van der Waals surface area contributed by atoms with Gasteiger partial charge in [-0.2, -0.15) is 0 Å². The van der Waals surface area contributed by atoms with Gasteiger partial charge in [0.25, 0.3) is 5.92 Å². The molecule has 0 saturated carbocycles. The van der Waals surface area contributed by atoms with Crippen LogP contribution < -0.4 is 15.2 Å². The number of alkyl halides is 2. The molecule has 0 unspecified atom stereocenters. The van der Waals surface area contributed by atoms with Gasteiger partial charge in [0.2, 0.25) is 10.0 Å². The molecule has 1 aromatic rings. The lowest BCUT2D eigenvalue weighted by Crippen LogP contribution is -2.41. The molecule has 0 amide bonds. The zero-order valence-corrected chi connectivity index (χ0v) is 14.0. The van der Waals surface area contributed by atoms with Gasteiger partial charge in [-0.25, -0.2) is 21.9 Å². The molecule has 1 aromatic carbocycles. The van der Waals surface area contributed by atoms with Crippen LogP contribution in [-0.4, -0.2) is 34.0 Å². The molecule has 0 aromatic heterocycles. The minimum atomic E-state index is -4.09. The number of fused-ring (bicyclic) bond motifs is 1. The van der Waals surface area contributed by atoms with Crippen molar-refractivity contribution in [3.05, 3.63) is 22.2 Å². The molecular weight excluding hydrogens is 394 g/mol. The number of nitrogens with one attached hydrogen (secondary N) is 1. The third-order valence-electron chi connectivity index (χ3n) is 2.82. The van der Waals surface area contributed by atoms with Crippen LogP contribution in [0.4, 0.5) is 8.78 Å². The molecule has 0 atom stereocenters. The van der Waals surface area contributed by atoms with Gasteiger partial charge >= 0.3 is 0 Å². The number of ether oxygens (including phenoxy) is 1. The first kappa shape index (κ1) is 18.6. The van der Waals surface area contributed by atoms with E-state index in [1.54, 1.807) is 6.07 Å². The first-order chi connectivity index (χ1) is 9.25. The number of nitrogens with two attached hydrogens (primary N) is 1. The zero-order valence-electron chi connectivity index (χ0n) is 10.7. The molecule has 0 bridgehead atoms. The Labute approximate surface area is 135 Å². The van der Waals surface area contributed by atoms with Gasteiger partial charge in [0.15, 0.2) is 0 Å². The largest absolute Gasteiger partial charge is 0.492 e. The van der Waals surface area contributed by atoms with Crippen LogP contribution in [0, 0.1) is 0 Å². The second-order valence-corrected chi connectivity index (χ2v) is 7.03. The van der Waals surface area contributed by atoms with Crippen LogP contribution in [0.25, 0.3) is 0 Å². The monoisotopic (exact) mass is 406 g/mol. The molecule has 2 rings (SSSR count). The third kappa shape index (κ3) is 4.26. The molecule has 3 N–H and O–H groups in total. The van der Waals surface area contributed by atoms with Crippen molar-refractivity contribution >= 4 is 38.4 Å². The van der Waals surface area contributed by atoms with Crippen molar-refractivity contribution in [1.29, 1.82) is 0 Å². The van der Waals surface area contributed by atoms with Gasteiger partial charge in [-0.1, -0.05) is 15.9 Å². The maximum Gasteiger partial charge on any atom is 0.273 e. The molecule has 21 heavy (non-hydrogen) atoms. The highest BCUT2D eigenvalue weighted by atomic mass is 79.9. The Kier molecular flexibility index (Phi) is 5.96. The van der Waals surface area contributed by atoms with Crippen LogP contribution in [0.1, 0.15) is 5.56 Å². The SMILES string of the molecule is Cl.NCC(F)(F)CNS(=O)(=O)c1cc(Br)cc2c1OCC2. The van der Waals surface area contributed by atoms with Crippen LogP contribution >= 0.6 is 28.3 Å². The van der Waals surface area contributed by atoms with Crippen molar-refractivity contribution in [2.24, 2.45) is 5.73 Å². The predicted octanol–water partition coefficient (Wildman–Crippen LogP) is 1.68. The Balaban J connectivity index is 0.00000220. The topological polar surface area (TPSA) is 81.4 Å². The van der Waals surface area contributed by atoms with Crippen LogP contribution in [0.3, 0.4) is 0 Å². The van der Waals surface area contributed by atoms with Crippen molar-refractivity contribution in [2.75, 3.05) is 19.7 Å². The molecule has 0 radical (unpaired) electrons. The number of rotatable bonds is 5. The summed E-state index contributed by atoms with van der Waals surface area (Å²) in [6.45, 7) is -1.61. The number of hydrogen-bond acceptors (Lipinski definition) is 4. The van der Waals surface area contributed by atoms with E-state index in [9.17, 15) is 17.2 Å². The summed E-state index contributed by atoms with van der Waals surface area (Å²) in [6.07, 6.45) is 0.580. The Morgan fingerprint density at radius 3 is 2.71 bits per heavy atom. The van der Waals surface area contributed by atoms with Gasteiger partial charge in [0.05, 0.1) is 19.7 Å².